The number of aliphatic hydroxyl groups is 6. The number of carbonyl (C=O) groups is 1. The van der Waals surface area contributed by atoms with E-state index in [-0.39, 0.29) is 131 Å². The summed E-state index contributed by atoms with van der Waals surface area (Å²) in [7, 11) is 0. The van der Waals surface area contributed by atoms with Gasteiger partial charge in [0.2, 0.25) is 5.91 Å². The van der Waals surface area contributed by atoms with Crippen LogP contribution in [-0.4, -0.2) is 382 Å². The van der Waals surface area contributed by atoms with E-state index < -0.39 is 96.0 Å². The Morgan fingerprint density at radius 1 is 0.414 bits per heavy atom. The highest BCUT2D eigenvalue weighted by molar-refractivity contribution is 5.76. The second kappa shape index (κ2) is 46.6. The first kappa shape index (κ1) is 88.2. The molecule has 3 aromatic heterocycles. The number of amides is 1. The highest BCUT2D eigenvalue weighted by atomic mass is 16.8. The number of aromatic nitrogens is 9. The van der Waals surface area contributed by atoms with E-state index in [1.54, 1.807) is 32.6 Å². The van der Waals surface area contributed by atoms with Gasteiger partial charge in [0.05, 0.1) is 281 Å². The fourth-order valence-corrected chi connectivity index (χ4v) is 12.6. The van der Waals surface area contributed by atoms with Gasteiger partial charge in [0.1, 0.15) is 76.0 Å². The molecular formula is C69H113N13O29. The molecule has 1 amide bonds. The predicted octanol–water partition coefficient (Wildman–Crippen LogP) is -6.01. The van der Waals surface area contributed by atoms with Crippen LogP contribution in [0.3, 0.4) is 0 Å². The van der Waals surface area contributed by atoms with Gasteiger partial charge >= 0.3 is 0 Å². The predicted molar refractivity (Wildman–Crippen MR) is 376 cm³/mol. The second-order valence-corrected chi connectivity index (χ2v) is 27.7. The van der Waals surface area contributed by atoms with Crippen molar-refractivity contribution in [3.05, 3.63) is 71.6 Å². The molecule has 6 fully saturated rings. The van der Waals surface area contributed by atoms with Gasteiger partial charge in [0.25, 0.3) is 0 Å². The highest BCUT2D eigenvalue weighted by Gasteiger charge is 2.61. The van der Waals surface area contributed by atoms with E-state index in [4.69, 9.17) is 121 Å². The number of nitrogens with zero attached hydrogens (tertiary/aromatic N) is 9. The van der Waals surface area contributed by atoms with Crippen LogP contribution in [-0.2, 0) is 155 Å². The van der Waals surface area contributed by atoms with E-state index in [0.717, 1.165) is 5.56 Å². The van der Waals surface area contributed by atoms with Crippen molar-refractivity contribution < 1.29 is 140 Å². The molecule has 6 bridgehead atoms. The summed E-state index contributed by atoms with van der Waals surface area (Å²) in [6.45, 7) is 8.32. The molecule has 0 aliphatic carbocycles. The van der Waals surface area contributed by atoms with Crippen molar-refractivity contribution in [1.82, 2.24) is 50.3 Å². The minimum absolute atomic E-state index is 0.00834. The maximum absolute atomic E-state index is 14.1. The van der Waals surface area contributed by atoms with Crippen LogP contribution in [0, 0.1) is 0 Å². The zero-order valence-corrected chi connectivity index (χ0v) is 62.7. The second-order valence-electron chi connectivity index (χ2n) is 27.7. The van der Waals surface area contributed by atoms with Crippen LogP contribution in [0.25, 0.3) is 0 Å². The standard InChI is InChI=1S/C69H113N13O29/c70-54-57(84)60(87)67(46-106-63(54)109-67)43-100-30-27-96-24-21-93-18-15-90-12-8-80-33-50(74-77-80)37-103-40-66(73-53(83)7-4-11-99-36-49-5-2-1-3-6-49,41-104-38-51-34-81(78-75-51)9-13-91-16-19-94-22-25-97-28-31-101-44-68-47-107-64(110-68)55(71)58(85)61(68)88)42-105-39-52-35-82(79-76-52)10-14-92-17-20-95-23-26-98-29-32-102-45-69-48-108-65(111-69)56(72)59(86)62(69)89/h1-3,5-6,33-35,54-65,84-89H,4,7-32,36-48,70-72H2,(H,73,83)/t54-,55-,56-,57-,58-,59-,60-,61-,62-,63+,64+,65+,67-,68-,69-/m1/s1. The molecular weight excluding hydrogens is 1470 g/mol. The SMILES string of the molecule is N[C@H]1[C@H]2OC[C@@](COCCOCCOCCOCCn3cc(COCC(COCc4cn(CCOCCOCCOCCOC[C@]56CO[C@@H](O5)[C@H](N)[C@@H](O)[C@H]6O)nn4)(COCc4cn(CCOCCOCCOCCOC[C@]56CO[C@@H](O5)[C@H](N)[C@@H](O)[C@H]6O)nn4)NC(=O)CCCOCc4ccccc4)nn3)(O2)[C@H](O)[C@@H]1O. The molecule has 4 aromatic rings. The number of nitrogens with two attached hydrogens (primary N) is 3. The monoisotopic (exact) mass is 1590 g/mol. The van der Waals surface area contributed by atoms with Crippen molar-refractivity contribution in [3.8, 4) is 0 Å². The lowest BCUT2D eigenvalue weighted by Gasteiger charge is -2.41. The van der Waals surface area contributed by atoms with E-state index in [0.29, 0.717) is 155 Å². The average molecular weight is 1590 g/mol. The molecule has 10 rings (SSSR count). The Morgan fingerprint density at radius 3 is 1.05 bits per heavy atom. The summed E-state index contributed by atoms with van der Waals surface area (Å²) in [6.07, 6.45) is -3.91. The summed E-state index contributed by atoms with van der Waals surface area (Å²) in [5.74, 6) is -0.292. The van der Waals surface area contributed by atoms with Crippen LogP contribution >= 0.6 is 0 Å². The average Bonchev–Trinajstić information content (AvgIpc) is 1.64. The quantitative estimate of drug-likeness (QED) is 0.0184. The summed E-state index contributed by atoms with van der Waals surface area (Å²) in [5.41, 5.74) is 15.4. The fourth-order valence-electron chi connectivity index (χ4n) is 12.6. The highest BCUT2D eigenvalue weighted by Crippen LogP contribution is 2.39. The number of carbonyl (C=O) groups excluding carboxylic acids is 1. The first-order valence-electron chi connectivity index (χ1n) is 37.6. The molecule has 0 spiro atoms. The van der Waals surface area contributed by atoms with Gasteiger partial charge < -0.3 is 157 Å². The van der Waals surface area contributed by atoms with E-state index in [2.05, 4.69) is 36.3 Å². The maximum atomic E-state index is 14.1. The number of benzene rings is 1. The first-order valence-corrected chi connectivity index (χ1v) is 37.6. The van der Waals surface area contributed by atoms with Gasteiger partial charge in [-0.2, -0.15) is 0 Å². The molecule has 1 aromatic carbocycles. The molecule has 628 valence electrons. The molecule has 6 aliphatic rings. The molecule has 6 aliphatic heterocycles. The molecule has 0 saturated carbocycles. The Balaban J connectivity index is 0.637. The molecule has 13 N–H and O–H groups in total. The lowest BCUT2D eigenvalue weighted by Crippen LogP contribution is -2.65. The van der Waals surface area contributed by atoms with Gasteiger partial charge in [-0.05, 0) is 12.0 Å². The van der Waals surface area contributed by atoms with E-state index in [1.165, 1.54) is 0 Å². The largest absolute Gasteiger partial charge is 0.388 e. The Bertz CT molecular complexity index is 2940. The number of ether oxygens (including phenoxy) is 22. The van der Waals surface area contributed by atoms with Crippen molar-refractivity contribution in [2.45, 2.75) is 155 Å². The molecule has 111 heavy (non-hydrogen) atoms. The molecule has 6 saturated heterocycles. The van der Waals surface area contributed by atoms with Crippen LogP contribution in [0.5, 0.6) is 0 Å². The van der Waals surface area contributed by atoms with Crippen molar-refractivity contribution >= 4 is 5.91 Å². The lowest BCUT2D eigenvalue weighted by atomic mass is 9.89. The van der Waals surface area contributed by atoms with Gasteiger partial charge in [0, 0.05) is 13.0 Å². The zero-order valence-electron chi connectivity index (χ0n) is 62.7. The number of aliphatic hydroxyl groups excluding tert-OH is 6. The van der Waals surface area contributed by atoms with Crippen LogP contribution < -0.4 is 22.5 Å². The molecule has 0 radical (unpaired) electrons. The third kappa shape index (κ3) is 27.2. The van der Waals surface area contributed by atoms with Crippen molar-refractivity contribution in [2.24, 2.45) is 17.2 Å². The summed E-state index contributed by atoms with van der Waals surface area (Å²) in [6, 6.07) is 7.23. The van der Waals surface area contributed by atoms with Gasteiger partial charge in [-0.1, -0.05) is 46.0 Å². The number of rotatable bonds is 61. The normalized spacial score (nSPS) is 27.6. The molecule has 42 heteroatoms. The Labute approximate surface area is 642 Å². The van der Waals surface area contributed by atoms with Crippen LogP contribution in [0.1, 0.15) is 35.5 Å². The third-order valence-corrected chi connectivity index (χ3v) is 18.9. The van der Waals surface area contributed by atoms with Crippen molar-refractivity contribution in [1.29, 1.82) is 0 Å². The van der Waals surface area contributed by atoms with Gasteiger partial charge in [-0.15, -0.1) is 15.3 Å². The lowest BCUT2D eigenvalue weighted by molar-refractivity contribution is -0.233. The van der Waals surface area contributed by atoms with Crippen LogP contribution in [0.15, 0.2) is 48.9 Å². The van der Waals surface area contributed by atoms with Gasteiger partial charge in [0.15, 0.2) is 18.9 Å². The molecule has 9 heterocycles. The van der Waals surface area contributed by atoms with Crippen molar-refractivity contribution in [2.75, 3.05) is 205 Å². The zero-order chi connectivity index (χ0) is 78.0. The fraction of sp³-hybridized carbons (Fsp3) is 0.812. The third-order valence-electron chi connectivity index (χ3n) is 18.9. The van der Waals surface area contributed by atoms with Gasteiger partial charge in [-0.3, -0.25) is 4.79 Å². The molecule has 15 atom stereocenters. The minimum atomic E-state index is -1.28. The number of fused-ring (bicyclic) bond motifs is 6. The maximum Gasteiger partial charge on any atom is 0.220 e. The Kier molecular flexibility index (Phi) is 37.0. The topological polar surface area (TPSA) is 524 Å². The van der Waals surface area contributed by atoms with Crippen LogP contribution in [0.2, 0.25) is 0 Å². The van der Waals surface area contributed by atoms with Gasteiger partial charge in [-0.25, -0.2) is 14.0 Å². The van der Waals surface area contributed by atoms with E-state index in [9.17, 15) is 35.4 Å². The molecule has 0 unspecified atom stereocenters. The Hall–Kier alpha value is -5.13. The van der Waals surface area contributed by atoms with Crippen molar-refractivity contribution in [3.63, 3.8) is 0 Å². The summed E-state index contributed by atoms with van der Waals surface area (Å²) < 4.78 is 132. The molecule has 42 nitrogen and oxygen atoms in total. The summed E-state index contributed by atoms with van der Waals surface area (Å²) in [5, 5.41) is 91.3. The number of nitrogens with one attached hydrogen (secondary N) is 1. The minimum Gasteiger partial charge on any atom is -0.388 e. The summed E-state index contributed by atoms with van der Waals surface area (Å²) >= 11 is 0. The van der Waals surface area contributed by atoms with E-state index in [1.807, 2.05) is 30.3 Å². The van der Waals surface area contributed by atoms with E-state index >= 15 is 0 Å². The first-order chi connectivity index (χ1) is 54.1. The van der Waals surface area contributed by atoms with Crippen LogP contribution in [0.4, 0.5) is 0 Å². The number of hydrogen-bond acceptors (Lipinski definition) is 38. The Morgan fingerprint density at radius 2 is 0.721 bits per heavy atom. The summed E-state index contributed by atoms with van der Waals surface area (Å²) in [4.78, 5) is 14.1. The number of hydrogen-bond donors (Lipinski definition) is 10. The smallest absolute Gasteiger partial charge is 0.220 e.